The summed E-state index contributed by atoms with van der Waals surface area (Å²) in [7, 11) is 2.86. The molecule has 0 aliphatic carbocycles. The van der Waals surface area contributed by atoms with E-state index >= 15 is 0 Å². The first-order valence-electron chi connectivity index (χ1n) is 7.12. The maximum Gasteiger partial charge on any atom is 0.0362 e. The fraction of sp³-hybridized carbons (Fsp3) is 0.250. The van der Waals surface area contributed by atoms with Crippen molar-refractivity contribution < 1.29 is 17.5 Å². The number of hydrogen-bond acceptors (Lipinski definition) is 8. The molecule has 2 rings (SSSR count). The van der Waals surface area contributed by atoms with Gasteiger partial charge < -0.3 is 30.4 Å². The molecule has 0 fully saturated rings. The third-order valence-corrected chi connectivity index (χ3v) is 2.82. The molecule has 0 radical (unpaired) electrons. The van der Waals surface area contributed by atoms with E-state index in [1.807, 2.05) is 86.5 Å². The monoisotopic (exact) mass is 368 g/mol. The van der Waals surface area contributed by atoms with Crippen LogP contribution in [0.15, 0.2) is 48.5 Å². The van der Waals surface area contributed by atoms with E-state index < -0.39 is 10.4 Å². The molecule has 0 saturated carbocycles. The van der Waals surface area contributed by atoms with E-state index in [4.69, 9.17) is 29.0 Å². The lowest BCUT2D eigenvalue weighted by molar-refractivity contribution is 0.352. The Balaban J connectivity index is 0.000000368. The molecule has 0 aliphatic heterocycles. The molecule has 0 amide bonds. The van der Waals surface area contributed by atoms with Crippen LogP contribution in [0.4, 0.5) is 22.7 Å². The molecule has 4 N–H and O–H groups in total. The van der Waals surface area contributed by atoms with E-state index in [9.17, 15) is 0 Å². The summed E-state index contributed by atoms with van der Waals surface area (Å²) in [6.45, 7) is 0. The summed E-state index contributed by atoms with van der Waals surface area (Å²) in [5.41, 5.74) is 15.0. The maximum atomic E-state index is 8.52. The smallest absolute Gasteiger partial charge is 0.0362 e. The molecule has 25 heavy (non-hydrogen) atoms. The summed E-state index contributed by atoms with van der Waals surface area (Å²) in [6.07, 6.45) is 0. The third-order valence-electron chi connectivity index (χ3n) is 2.82. The van der Waals surface area contributed by atoms with Crippen LogP contribution in [0.5, 0.6) is 0 Å². The number of nitrogens with zero attached hydrogens (tertiary/aromatic N) is 2. The lowest BCUT2D eigenvalue weighted by atomic mass is 10.3. The fourth-order valence-corrected chi connectivity index (χ4v) is 1.54. The first-order chi connectivity index (χ1) is 11.4. The van der Waals surface area contributed by atoms with Gasteiger partial charge in [-0.05, 0) is 48.5 Å². The molecule has 140 valence electrons. The van der Waals surface area contributed by atoms with E-state index in [-0.39, 0.29) is 0 Å². The van der Waals surface area contributed by atoms with Crippen molar-refractivity contribution in [3.63, 3.8) is 0 Å². The molecule has 0 bridgehead atoms. The number of hydrogen-bond donors (Lipinski definition) is 2. The van der Waals surface area contributed by atoms with Gasteiger partial charge in [-0.2, -0.15) is 0 Å². The topological polar surface area (TPSA) is 139 Å². The van der Waals surface area contributed by atoms with Crippen LogP contribution in [0.3, 0.4) is 0 Å². The van der Waals surface area contributed by atoms with Crippen molar-refractivity contribution in [3.05, 3.63) is 48.5 Å². The SMILES string of the molecule is CN(C)c1ccc(N)cc1.CN(C)c1ccc(N)cc1.O=S(=O)([O-])[O-]. The van der Waals surface area contributed by atoms with Gasteiger partial charge in [0.1, 0.15) is 0 Å². The number of nitrogen functional groups attached to an aromatic ring is 2. The molecule has 0 aliphatic rings. The Morgan fingerprint density at radius 3 is 1.04 bits per heavy atom. The standard InChI is InChI=1S/2C8H12N2.H2O4S/c2*1-10(2)8-5-3-7(9)4-6-8;1-5(2,3)4/h2*3-6H,9H2,1-2H3;(H2,1,2,3,4)/p-2. The maximum absolute atomic E-state index is 8.52. The highest BCUT2D eigenvalue weighted by atomic mass is 32.3. The Kier molecular flexibility index (Phi) is 9.36. The Labute approximate surface area is 149 Å². The molecular formula is C16H24N4O4S-2. The van der Waals surface area contributed by atoms with Crippen molar-refractivity contribution in [2.45, 2.75) is 0 Å². The molecule has 0 aromatic heterocycles. The lowest BCUT2D eigenvalue weighted by Crippen LogP contribution is -2.08. The molecule has 9 heteroatoms. The Morgan fingerprint density at radius 2 is 0.880 bits per heavy atom. The van der Waals surface area contributed by atoms with Crippen molar-refractivity contribution in [1.82, 2.24) is 0 Å². The van der Waals surface area contributed by atoms with Crippen molar-refractivity contribution in [3.8, 4) is 0 Å². The quantitative estimate of drug-likeness (QED) is 0.460. The van der Waals surface area contributed by atoms with Crippen molar-refractivity contribution in [1.29, 1.82) is 0 Å². The van der Waals surface area contributed by atoms with Crippen molar-refractivity contribution in [2.75, 3.05) is 49.5 Å². The van der Waals surface area contributed by atoms with Gasteiger partial charge in [0, 0.05) is 61.3 Å². The van der Waals surface area contributed by atoms with E-state index in [1.165, 1.54) is 11.4 Å². The van der Waals surface area contributed by atoms with Gasteiger partial charge in [0.15, 0.2) is 0 Å². The van der Waals surface area contributed by atoms with E-state index in [0.29, 0.717) is 0 Å². The highest BCUT2D eigenvalue weighted by molar-refractivity contribution is 7.79. The molecule has 0 heterocycles. The Bertz CT molecular complexity index is 657. The van der Waals surface area contributed by atoms with Gasteiger partial charge >= 0.3 is 0 Å². The molecular weight excluding hydrogens is 344 g/mol. The zero-order chi connectivity index (χ0) is 19.6. The van der Waals surface area contributed by atoms with Gasteiger partial charge in [-0.25, -0.2) is 0 Å². The first kappa shape index (κ1) is 22.5. The van der Waals surface area contributed by atoms with Crippen LogP contribution >= 0.6 is 0 Å². The lowest BCUT2D eigenvalue weighted by Gasteiger charge is -2.11. The largest absolute Gasteiger partial charge is 0.759 e. The first-order valence-corrected chi connectivity index (χ1v) is 8.46. The Morgan fingerprint density at radius 1 is 0.680 bits per heavy atom. The molecule has 0 saturated heterocycles. The number of nitrogens with two attached hydrogens (primary N) is 2. The van der Waals surface area contributed by atoms with E-state index in [2.05, 4.69) is 0 Å². The molecule has 2 aromatic rings. The second kappa shape index (κ2) is 10.4. The predicted octanol–water partition coefficient (Wildman–Crippen LogP) is 1.33. The average molecular weight is 368 g/mol. The summed E-state index contributed by atoms with van der Waals surface area (Å²) in [5, 5.41) is 0. The zero-order valence-electron chi connectivity index (χ0n) is 14.7. The van der Waals surface area contributed by atoms with Crippen LogP contribution < -0.4 is 21.3 Å². The average Bonchev–Trinajstić information content (AvgIpc) is 2.47. The summed E-state index contributed by atoms with van der Waals surface area (Å²) in [6, 6.07) is 15.6. The summed E-state index contributed by atoms with van der Waals surface area (Å²) in [4.78, 5) is 4.08. The van der Waals surface area contributed by atoms with Crippen LogP contribution in [0.2, 0.25) is 0 Å². The zero-order valence-corrected chi connectivity index (χ0v) is 15.5. The van der Waals surface area contributed by atoms with Gasteiger partial charge in [-0.3, -0.25) is 8.42 Å². The van der Waals surface area contributed by atoms with Crippen LogP contribution in [-0.2, 0) is 10.4 Å². The minimum Gasteiger partial charge on any atom is -0.759 e. The van der Waals surface area contributed by atoms with Gasteiger partial charge in [-0.1, -0.05) is 0 Å². The van der Waals surface area contributed by atoms with E-state index in [1.54, 1.807) is 0 Å². The fourth-order valence-electron chi connectivity index (χ4n) is 1.54. The summed E-state index contributed by atoms with van der Waals surface area (Å²) in [5.74, 6) is 0. The molecule has 0 atom stereocenters. The number of anilines is 4. The van der Waals surface area contributed by atoms with Gasteiger partial charge in [0.2, 0.25) is 0 Å². The number of rotatable bonds is 2. The highest BCUT2D eigenvalue weighted by Gasteiger charge is 1.92. The van der Waals surface area contributed by atoms with E-state index in [0.717, 1.165) is 11.4 Å². The van der Waals surface area contributed by atoms with Crippen molar-refractivity contribution >= 4 is 33.1 Å². The minimum atomic E-state index is -5.17. The van der Waals surface area contributed by atoms with Crippen LogP contribution in [0, 0.1) is 0 Å². The van der Waals surface area contributed by atoms with Crippen LogP contribution in [-0.4, -0.2) is 45.7 Å². The normalized spacial score (nSPS) is 9.84. The van der Waals surface area contributed by atoms with Crippen LogP contribution in [0.25, 0.3) is 0 Å². The summed E-state index contributed by atoms with van der Waals surface area (Å²) >= 11 is 0. The Hall–Kier alpha value is -2.49. The van der Waals surface area contributed by atoms with Gasteiger partial charge in [0.05, 0.1) is 0 Å². The molecule has 0 unspecified atom stereocenters. The number of benzene rings is 2. The van der Waals surface area contributed by atoms with Crippen LogP contribution in [0.1, 0.15) is 0 Å². The highest BCUT2D eigenvalue weighted by Crippen LogP contribution is 2.13. The van der Waals surface area contributed by atoms with Gasteiger partial charge in [-0.15, -0.1) is 0 Å². The van der Waals surface area contributed by atoms with Gasteiger partial charge in [0.25, 0.3) is 0 Å². The second-order valence-corrected chi connectivity index (χ2v) is 6.20. The minimum absolute atomic E-state index is 0.811. The second-order valence-electron chi connectivity index (χ2n) is 5.38. The molecule has 0 spiro atoms. The third kappa shape index (κ3) is 12.6. The molecule has 8 nitrogen and oxygen atoms in total. The van der Waals surface area contributed by atoms with Crippen molar-refractivity contribution in [2.24, 2.45) is 0 Å². The molecule has 2 aromatic carbocycles. The predicted molar refractivity (Wildman–Crippen MR) is 101 cm³/mol. The summed E-state index contributed by atoms with van der Waals surface area (Å²) < 4.78 is 34.1.